The lowest BCUT2D eigenvalue weighted by Crippen LogP contribution is -2.16. The van der Waals surface area contributed by atoms with Gasteiger partial charge in [-0.15, -0.1) is 0 Å². The monoisotopic (exact) mass is 378 g/mol. The van der Waals surface area contributed by atoms with E-state index in [9.17, 15) is 9.18 Å². The number of carbonyl (C=O) groups is 1. The average molecular weight is 378 g/mol. The van der Waals surface area contributed by atoms with E-state index < -0.39 is 11.7 Å². The van der Waals surface area contributed by atoms with E-state index in [1.54, 1.807) is 25.1 Å². The summed E-state index contributed by atoms with van der Waals surface area (Å²) >= 11 is 0. The van der Waals surface area contributed by atoms with Crippen LogP contribution >= 0.6 is 0 Å². The molecule has 28 heavy (non-hydrogen) atoms. The van der Waals surface area contributed by atoms with Gasteiger partial charge in [0.25, 0.3) is 5.91 Å². The minimum atomic E-state index is -0.501. The van der Waals surface area contributed by atoms with Gasteiger partial charge in [0.2, 0.25) is 5.95 Å². The molecule has 0 aliphatic rings. The average Bonchev–Trinajstić information content (AvgIpc) is 2.63. The third kappa shape index (κ3) is 4.71. The van der Waals surface area contributed by atoms with E-state index in [1.165, 1.54) is 17.7 Å². The maximum Gasteiger partial charge on any atom is 0.274 e. The molecule has 0 radical (unpaired) electrons. The number of hydrogen-bond donors (Lipinski definition) is 2. The maximum atomic E-state index is 13.8. The number of aromatic nitrogens is 2. The number of amides is 1. The van der Waals surface area contributed by atoms with Gasteiger partial charge in [-0.05, 0) is 48.2 Å². The standard InChI is InChI=1S/C22H23FN4O/c1-14-13-19(20(28)26-18-8-6-5-7-17(18)23)27-21(24-14)25-16-11-9-15(10-12-16)22(2,3)4/h5-13H,1-4H3,(H,26,28)(H,24,25,27). The molecular formula is C22H23FN4O. The predicted octanol–water partition coefficient (Wildman–Crippen LogP) is 5.22. The lowest BCUT2D eigenvalue weighted by atomic mass is 9.87. The molecule has 0 fully saturated rings. The number of carbonyl (C=O) groups excluding carboxylic acids is 1. The number of nitrogens with zero attached hydrogens (tertiary/aromatic N) is 2. The quantitative estimate of drug-likeness (QED) is 0.653. The molecule has 0 saturated heterocycles. The molecule has 0 aliphatic heterocycles. The fourth-order valence-electron chi connectivity index (χ4n) is 2.67. The highest BCUT2D eigenvalue weighted by Crippen LogP contribution is 2.24. The summed E-state index contributed by atoms with van der Waals surface area (Å²) in [5.74, 6) is -0.692. The maximum absolute atomic E-state index is 13.8. The normalized spacial score (nSPS) is 11.2. The number of anilines is 3. The number of para-hydroxylation sites is 1. The van der Waals surface area contributed by atoms with Gasteiger partial charge in [-0.3, -0.25) is 4.79 Å². The number of rotatable bonds is 4. The molecule has 3 rings (SSSR count). The second kappa shape index (κ2) is 7.76. The summed E-state index contributed by atoms with van der Waals surface area (Å²) in [6, 6.07) is 15.5. The highest BCUT2D eigenvalue weighted by Gasteiger charge is 2.15. The first-order valence-electron chi connectivity index (χ1n) is 9.01. The third-order valence-electron chi connectivity index (χ3n) is 4.22. The van der Waals surface area contributed by atoms with Crippen LogP contribution in [0.3, 0.4) is 0 Å². The van der Waals surface area contributed by atoms with Crippen LogP contribution in [0.5, 0.6) is 0 Å². The smallest absolute Gasteiger partial charge is 0.274 e. The largest absolute Gasteiger partial charge is 0.324 e. The molecule has 2 N–H and O–H groups in total. The second-order valence-corrected chi connectivity index (χ2v) is 7.60. The first kappa shape index (κ1) is 19.5. The van der Waals surface area contributed by atoms with Crippen molar-refractivity contribution < 1.29 is 9.18 Å². The Morgan fingerprint density at radius 2 is 1.68 bits per heavy atom. The van der Waals surface area contributed by atoms with Crippen LogP contribution in [-0.4, -0.2) is 15.9 Å². The Hall–Kier alpha value is -3.28. The zero-order chi connectivity index (χ0) is 20.3. The summed E-state index contributed by atoms with van der Waals surface area (Å²) in [6.45, 7) is 8.23. The summed E-state index contributed by atoms with van der Waals surface area (Å²) in [5.41, 5.74) is 2.99. The van der Waals surface area contributed by atoms with Crippen LogP contribution in [0.4, 0.5) is 21.7 Å². The van der Waals surface area contributed by atoms with Crippen LogP contribution < -0.4 is 10.6 Å². The van der Waals surface area contributed by atoms with Crippen molar-refractivity contribution in [3.8, 4) is 0 Å². The minimum Gasteiger partial charge on any atom is -0.324 e. The van der Waals surface area contributed by atoms with Gasteiger partial charge < -0.3 is 10.6 Å². The Morgan fingerprint density at radius 3 is 2.32 bits per heavy atom. The fraction of sp³-hybridized carbons (Fsp3) is 0.227. The summed E-state index contributed by atoms with van der Waals surface area (Å²) in [6.07, 6.45) is 0. The highest BCUT2D eigenvalue weighted by atomic mass is 19.1. The Kier molecular flexibility index (Phi) is 5.40. The molecule has 1 heterocycles. The van der Waals surface area contributed by atoms with E-state index in [-0.39, 0.29) is 16.8 Å². The zero-order valence-electron chi connectivity index (χ0n) is 16.4. The van der Waals surface area contributed by atoms with Gasteiger partial charge in [0.05, 0.1) is 5.69 Å². The van der Waals surface area contributed by atoms with E-state index in [2.05, 4.69) is 41.4 Å². The van der Waals surface area contributed by atoms with Gasteiger partial charge in [0.1, 0.15) is 11.5 Å². The van der Waals surface area contributed by atoms with Crippen LogP contribution in [-0.2, 0) is 5.41 Å². The molecule has 1 aromatic heterocycles. The topological polar surface area (TPSA) is 66.9 Å². The van der Waals surface area contributed by atoms with Crippen molar-refractivity contribution in [2.75, 3.05) is 10.6 Å². The van der Waals surface area contributed by atoms with Crippen molar-refractivity contribution in [1.29, 1.82) is 0 Å². The van der Waals surface area contributed by atoms with Gasteiger partial charge in [-0.25, -0.2) is 14.4 Å². The van der Waals surface area contributed by atoms with Crippen molar-refractivity contribution in [2.24, 2.45) is 0 Å². The lowest BCUT2D eigenvalue weighted by molar-refractivity contribution is 0.102. The molecule has 2 aromatic carbocycles. The Morgan fingerprint density at radius 1 is 1.00 bits per heavy atom. The third-order valence-corrected chi connectivity index (χ3v) is 4.22. The summed E-state index contributed by atoms with van der Waals surface area (Å²) in [5, 5.41) is 5.65. The molecule has 0 saturated carbocycles. The summed E-state index contributed by atoms with van der Waals surface area (Å²) in [4.78, 5) is 21.1. The zero-order valence-corrected chi connectivity index (χ0v) is 16.4. The molecule has 5 nitrogen and oxygen atoms in total. The lowest BCUT2D eigenvalue weighted by Gasteiger charge is -2.19. The number of aryl methyl sites for hydroxylation is 1. The molecule has 0 spiro atoms. The fourth-order valence-corrected chi connectivity index (χ4v) is 2.67. The molecule has 1 amide bonds. The van der Waals surface area contributed by atoms with Gasteiger partial charge in [-0.1, -0.05) is 45.0 Å². The van der Waals surface area contributed by atoms with Crippen molar-refractivity contribution >= 4 is 23.2 Å². The van der Waals surface area contributed by atoms with Crippen LogP contribution in [0.15, 0.2) is 54.6 Å². The number of hydrogen-bond acceptors (Lipinski definition) is 4. The Balaban J connectivity index is 1.79. The predicted molar refractivity (Wildman–Crippen MR) is 110 cm³/mol. The van der Waals surface area contributed by atoms with Crippen LogP contribution in [0.2, 0.25) is 0 Å². The molecule has 3 aromatic rings. The van der Waals surface area contributed by atoms with E-state index in [1.807, 2.05) is 24.3 Å². The van der Waals surface area contributed by atoms with Crippen LogP contribution in [0.1, 0.15) is 42.5 Å². The molecule has 0 unspecified atom stereocenters. The number of benzene rings is 2. The number of nitrogens with one attached hydrogen (secondary N) is 2. The molecular weight excluding hydrogens is 355 g/mol. The SMILES string of the molecule is Cc1cc(C(=O)Nc2ccccc2F)nc(Nc2ccc(C(C)(C)C)cc2)n1. The molecule has 0 atom stereocenters. The highest BCUT2D eigenvalue weighted by molar-refractivity contribution is 6.03. The summed E-state index contributed by atoms with van der Waals surface area (Å²) < 4.78 is 13.8. The van der Waals surface area contributed by atoms with Crippen LogP contribution in [0, 0.1) is 12.7 Å². The van der Waals surface area contributed by atoms with E-state index in [4.69, 9.17) is 0 Å². The minimum absolute atomic E-state index is 0.0658. The van der Waals surface area contributed by atoms with E-state index in [0.29, 0.717) is 11.6 Å². The van der Waals surface area contributed by atoms with Crippen molar-refractivity contribution in [1.82, 2.24) is 9.97 Å². The van der Waals surface area contributed by atoms with Crippen molar-refractivity contribution in [2.45, 2.75) is 33.1 Å². The Labute approximate surface area is 164 Å². The first-order chi connectivity index (χ1) is 13.2. The van der Waals surface area contributed by atoms with Crippen molar-refractivity contribution in [3.63, 3.8) is 0 Å². The van der Waals surface area contributed by atoms with Gasteiger partial charge in [0.15, 0.2) is 0 Å². The van der Waals surface area contributed by atoms with Gasteiger partial charge in [0, 0.05) is 11.4 Å². The van der Waals surface area contributed by atoms with Gasteiger partial charge >= 0.3 is 0 Å². The summed E-state index contributed by atoms with van der Waals surface area (Å²) in [7, 11) is 0. The van der Waals surface area contributed by atoms with E-state index >= 15 is 0 Å². The van der Waals surface area contributed by atoms with Gasteiger partial charge in [-0.2, -0.15) is 0 Å². The number of halogens is 1. The molecule has 0 bridgehead atoms. The first-order valence-corrected chi connectivity index (χ1v) is 9.01. The van der Waals surface area contributed by atoms with Crippen molar-refractivity contribution in [3.05, 3.63) is 77.4 Å². The van der Waals surface area contributed by atoms with Crippen LogP contribution in [0.25, 0.3) is 0 Å². The molecule has 6 heteroatoms. The van der Waals surface area contributed by atoms with E-state index in [0.717, 1.165) is 5.69 Å². The Bertz CT molecular complexity index is 994. The molecule has 144 valence electrons. The second-order valence-electron chi connectivity index (χ2n) is 7.60. The molecule has 0 aliphatic carbocycles.